The van der Waals surface area contributed by atoms with Crippen molar-refractivity contribution in [3.05, 3.63) is 66.1 Å². The van der Waals surface area contributed by atoms with Gasteiger partial charge >= 0.3 is 0 Å². The summed E-state index contributed by atoms with van der Waals surface area (Å²) in [5.41, 5.74) is 1.17. The first-order valence-corrected chi connectivity index (χ1v) is 6.59. The Kier molecular flexibility index (Phi) is 5.14. The molecule has 0 saturated heterocycles. The second-order valence-corrected chi connectivity index (χ2v) is 4.42. The molecule has 114 valence electrons. The minimum Gasteiger partial charge on any atom is -0.493 e. The van der Waals surface area contributed by atoms with Crippen molar-refractivity contribution in [2.75, 3.05) is 19.5 Å². The van der Waals surface area contributed by atoms with E-state index >= 15 is 0 Å². The lowest BCUT2D eigenvalue weighted by Gasteiger charge is -2.08. The molecule has 0 aliphatic heterocycles. The summed E-state index contributed by atoms with van der Waals surface area (Å²) in [6.07, 6.45) is 2.90. The number of allylic oxidation sites excluding steroid dienone is 1. The third kappa shape index (κ3) is 3.85. The Hall–Kier alpha value is -2.82. The van der Waals surface area contributed by atoms with E-state index in [4.69, 9.17) is 9.47 Å². The molecule has 0 amide bonds. The third-order valence-corrected chi connectivity index (χ3v) is 3.00. The van der Waals surface area contributed by atoms with E-state index in [1.807, 2.05) is 0 Å². The molecule has 22 heavy (non-hydrogen) atoms. The second kappa shape index (κ2) is 7.26. The summed E-state index contributed by atoms with van der Waals surface area (Å²) in [5, 5.41) is 2.90. The van der Waals surface area contributed by atoms with Gasteiger partial charge in [0.15, 0.2) is 17.3 Å². The van der Waals surface area contributed by atoms with Gasteiger partial charge in [0.25, 0.3) is 0 Å². The lowest BCUT2D eigenvalue weighted by atomic mass is 10.1. The number of nitrogens with one attached hydrogen (secondary N) is 1. The average Bonchev–Trinajstić information content (AvgIpc) is 2.55. The van der Waals surface area contributed by atoms with Crippen LogP contribution in [0.25, 0.3) is 0 Å². The maximum atomic E-state index is 12.8. The minimum absolute atomic E-state index is 0.185. The molecular weight excluding hydrogens is 285 g/mol. The van der Waals surface area contributed by atoms with Crippen molar-refractivity contribution in [2.24, 2.45) is 0 Å². The molecule has 0 aromatic heterocycles. The number of methoxy groups -OCH3 is 2. The van der Waals surface area contributed by atoms with Crippen LogP contribution in [0.4, 0.5) is 10.1 Å². The molecule has 0 fully saturated rings. The third-order valence-electron chi connectivity index (χ3n) is 3.00. The molecule has 0 atom stereocenters. The maximum absolute atomic E-state index is 12.8. The van der Waals surface area contributed by atoms with Crippen LogP contribution in [-0.4, -0.2) is 20.0 Å². The van der Waals surface area contributed by atoms with Gasteiger partial charge in [-0.3, -0.25) is 4.79 Å². The molecule has 1 N–H and O–H groups in total. The molecule has 0 unspecified atom stereocenters. The first-order chi connectivity index (χ1) is 10.6. The lowest BCUT2D eigenvalue weighted by molar-refractivity contribution is 0.104. The Morgan fingerprint density at radius 2 is 1.73 bits per heavy atom. The molecule has 0 spiro atoms. The Morgan fingerprint density at radius 1 is 1.05 bits per heavy atom. The Morgan fingerprint density at radius 3 is 2.36 bits per heavy atom. The number of hydrogen-bond donors (Lipinski definition) is 1. The van der Waals surface area contributed by atoms with E-state index in [2.05, 4.69) is 5.32 Å². The molecule has 0 heterocycles. The van der Waals surface area contributed by atoms with E-state index in [1.54, 1.807) is 30.3 Å². The largest absolute Gasteiger partial charge is 0.493 e. The van der Waals surface area contributed by atoms with E-state index in [0.717, 1.165) is 0 Å². The van der Waals surface area contributed by atoms with E-state index in [0.29, 0.717) is 22.7 Å². The average molecular weight is 301 g/mol. The quantitative estimate of drug-likeness (QED) is 0.653. The number of ketones is 1. The van der Waals surface area contributed by atoms with Crippen molar-refractivity contribution >= 4 is 11.5 Å². The van der Waals surface area contributed by atoms with Gasteiger partial charge in [0.1, 0.15) is 5.82 Å². The predicted molar refractivity (Wildman–Crippen MR) is 83.0 cm³/mol. The summed E-state index contributed by atoms with van der Waals surface area (Å²) in [7, 11) is 3.05. The number of anilines is 1. The van der Waals surface area contributed by atoms with E-state index in [1.165, 1.54) is 38.6 Å². The normalized spacial score (nSPS) is 10.5. The zero-order chi connectivity index (χ0) is 15.9. The van der Waals surface area contributed by atoms with E-state index in [-0.39, 0.29) is 11.6 Å². The van der Waals surface area contributed by atoms with Crippen molar-refractivity contribution in [3.63, 3.8) is 0 Å². The highest BCUT2D eigenvalue weighted by atomic mass is 19.1. The molecule has 0 bridgehead atoms. The van der Waals surface area contributed by atoms with Crippen LogP contribution in [0.2, 0.25) is 0 Å². The topological polar surface area (TPSA) is 47.6 Å². The number of ether oxygens (including phenoxy) is 2. The summed E-state index contributed by atoms with van der Waals surface area (Å²) < 4.78 is 23.1. The number of hydrogen-bond acceptors (Lipinski definition) is 4. The highest BCUT2D eigenvalue weighted by Gasteiger charge is 2.08. The summed E-state index contributed by atoms with van der Waals surface area (Å²) in [6.45, 7) is 0. The number of carbonyl (C=O) groups excluding carboxylic acids is 1. The number of rotatable bonds is 6. The van der Waals surface area contributed by atoms with Crippen molar-refractivity contribution in [1.82, 2.24) is 0 Å². The number of carbonyl (C=O) groups is 1. The predicted octanol–water partition coefficient (Wildman–Crippen LogP) is 3.65. The van der Waals surface area contributed by atoms with Gasteiger partial charge in [0.05, 0.1) is 14.2 Å². The highest BCUT2D eigenvalue weighted by Crippen LogP contribution is 2.27. The van der Waals surface area contributed by atoms with Crippen molar-refractivity contribution in [1.29, 1.82) is 0 Å². The molecule has 5 heteroatoms. The van der Waals surface area contributed by atoms with Crippen molar-refractivity contribution in [3.8, 4) is 11.5 Å². The van der Waals surface area contributed by atoms with E-state index < -0.39 is 0 Å². The standard InChI is InChI=1S/C17H16FNO3/c1-21-16-8-3-12(11-17(16)22-2)15(20)9-10-19-14-6-4-13(18)5-7-14/h3-11,19H,1-2H3. The fraction of sp³-hybridized carbons (Fsp3) is 0.118. The maximum Gasteiger partial charge on any atom is 0.187 e. The Balaban J connectivity index is 2.05. The Labute approximate surface area is 128 Å². The highest BCUT2D eigenvalue weighted by molar-refractivity contribution is 6.05. The molecule has 2 rings (SSSR count). The first-order valence-electron chi connectivity index (χ1n) is 6.59. The van der Waals surface area contributed by atoms with Crippen LogP contribution in [-0.2, 0) is 0 Å². The van der Waals surface area contributed by atoms with Crippen LogP contribution >= 0.6 is 0 Å². The SMILES string of the molecule is COc1ccc(C(=O)C=CNc2ccc(F)cc2)cc1OC. The molecule has 0 aliphatic carbocycles. The molecule has 0 saturated carbocycles. The minimum atomic E-state index is -0.309. The monoisotopic (exact) mass is 301 g/mol. The Bertz CT molecular complexity index is 681. The van der Waals surface area contributed by atoms with Crippen LogP contribution in [0, 0.1) is 5.82 Å². The van der Waals surface area contributed by atoms with Crippen LogP contribution in [0.3, 0.4) is 0 Å². The summed E-state index contributed by atoms with van der Waals surface area (Å²) in [6, 6.07) is 10.8. The van der Waals surface area contributed by atoms with E-state index in [9.17, 15) is 9.18 Å². The number of benzene rings is 2. The zero-order valence-electron chi connectivity index (χ0n) is 12.3. The van der Waals surface area contributed by atoms with Gasteiger partial charge in [-0.15, -0.1) is 0 Å². The van der Waals surface area contributed by atoms with Crippen LogP contribution in [0.1, 0.15) is 10.4 Å². The molecule has 2 aromatic carbocycles. The van der Waals surface area contributed by atoms with Gasteiger partial charge in [0.2, 0.25) is 0 Å². The molecule has 0 aliphatic rings. The zero-order valence-corrected chi connectivity index (χ0v) is 12.3. The van der Waals surface area contributed by atoms with Gasteiger partial charge < -0.3 is 14.8 Å². The van der Waals surface area contributed by atoms with Crippen molar-refractivity contribution < 1.29 is 18.7 Å². The second-order valence-electron chi connectivity index (χ2n) is 4.42. The summed E-state index contributed by atoms with van der Waals surface area (Å²) >= 11 is 0. The smallest absolute Gasteiger partial charge is 0.187 e. The van der Waals surface area contributed by atoms with Gasteiger partial charge in [-0.1, -0.05) is 0 Å². The van der Waals surface area contributed by atoms with Gasteiger partial charge in [-0.2, -0.15) is 0 Å². The van der Waals surface area contributed by atoms with Crippen LogP contribution in [0.15, 0.2) is 54.7 Å². The van der Waals surface area contributed by atoms with Gasteiger partial charge in [-0.25, -0.2) is 4.39 Å². The van der Waals surface area contributed by atoms with Crippen LogP contribution in [0.5, 0.6) is 11.5 Å². The molecule has 2 aromatic rings. The van der Waals surface area contributed by atoms with Crippen molar-refractivity contribution in [2.45, 2.75) is 0 Å². The molecular formula is C17H16FNO3. The fourth-order valence-electron chi connectivity index (χ4n) is 1.85. The summed E-state index contributed by atoms with van der Waals surface area (Å²) in [4.78, 5) is 12.1. The summed E-state index contributed by atoms with van der Waals surface area (Å²) in [5.74, 6) is 0.562. The lowest BCUT2D eigenvalue weighted by Crippen LogP contribution is -1.98. The van der Waals surface area contributed by atoms with Gasteiger partial charge in [0, 0.05) is 23.5 Å². The van der Waals surface area contributed by atoms with Gasteiger partial charge in [-0.05, 0) is 42.5 Å². The fourth-order valence-corrected chi connectivity index (χ4v) is 1.85. The molecule has 0 radical (unpaired) electrons. The van der Waals surface area contributed by atoms with Crippen LogP contribution < -0.4 is 14.8 Å². The number of halogens is 1. The first kappa shape index (κ1) is 15.6. The molecule has 4 nitrogen and oxygen atoms in total.